The predicted octanol–water partition coefficient (Wildman–Crippen LogP) is 4.56. The molecule has 2 heterocycles. The molecule has 2 aliphatic heterocycles. The maximum absolute atomic E-state index is 11.2. The van der Waals surface area contributed by atoms with Gasteiger partial charge in [0.2, 0.25) is 0 Å². The van der Waals surface area contributed by atoms with E-state index >= 15 is 0 Å². The zero-order valence-corrected chi connectivity index (χ0v) is 19.5. The highest BCUT2D eigenvalue weighted by atomic mass is 16.3. The van der Waals surface area contributed by atoms with Gasteiger partial charge in [-0.1, -0.05) is 20.8 Å². The van der Waals surface area contributed by atoms with Gasteiger partial charge in [-0.05, 0) is 116 Å². The Morgan fingerprint density at radius 2 is 1.53 bits per heavy atom. The first-order valence-corrected chi connectivity index (χ1v) is 13.5. The van der Waals surface area contributed by atoms with E-state index in [9.17, 15) is 10.2 Å². The molecule has 2 N–H and O–H groups in total. The van der Waals surface area contributed by atoms with Crippen molar-refractivity contribution >= 4 is 0 Å². The van der Waals surface area contributed by atoms with Gasteiger partial charge in [-0.3, -0.25) is 4.90 Å². The van der Waals surface area contributed by atoms with Crippen LogP contribution in [0.25, 0.3) is 0 Å². The summed E-state index contributed by atoms with van der Waals surface area (Å²) in [5.74, 6) is 7.22. The first-order valence-electron chi connectivity index (χ1n) is 13.5. The van der Waals surface area contributed by atoms with Crippen molar-refractivity contribution in [3.63, 3.8) is 0 Å². The summed E-state index contributed by atoms with van der Waals surface area (Å²) in [5, 5.41) is 21.5. The highest BCUT2D eigenvalue weighted by Gasteiger charge is 2.62. The number of aliphatic hydroxyl groups is 2. The third-order valence-electron chi connectivity index (χ3n) is 12.0. The Kier molecular flexibility index (Phi) is 4.91. The first kappa shape index (κ1) is 20.5. The normalized spacial score (nSPS) is 60.7. The summed E-state index contributed by atoms with van der Waals surface area (Å²) in [5.41, 5.74) is 0.261. The Morgan fingerprint density at radius 3 is 2.37 bits per heavy atom. The molecule has 3 nitrogen and oxygen atoms in total. The average Bonchev–Trinajstić information content (AvgIpc) is 3.09. The molecule has 4 saturated carbocycles. The van der Waals surface area contributed by atoms with Gasteiger partial charge in [-0.25, -0.2) is 0 Å². The Labute approximate surface area is 184 Å². The highest BCUT2D eigenvalue weighted by molar-refractivity contribution is 5.12. The lowest BCUT2D eigenvalue weighted by atomic mass is 9.51. The van der Waals surface area contributed by atoms with Gasteiger partial charge >= 0.3 is 0 Å². The number of hydrogen-bond donors (Lipinski definition) is 2. The third-order valence-corrected chi connectivity index (χ3v) is 12.0. The summed E-state index contributed by atoms with van der Waals surface area (Å²) < 4.78 is 0. The van der Waals surface area contributed by atoms with Crippen molar-refractivity contribution in [2.24, 2.45) is 58.7 Å². The minimum absolute atomic E-state index is 0.180. The Morgan fingerprint density at radius 1 is 0.733 bits per heavy atom. The molecular weight excluding hydrogens is 370 g/mol. The monoisotopic (exact) mass is 415 g/mol. The van der Waals surface area contributed by atoms with E-state index in [-0.39, 0.29) is 17.6 Å². The van der Waals surface area contributed by atoms with Crippen LogP contribution in [0.15, 0.2) is 0 Å². The SMILES string of the molecule is C[C@@H]1CC[C@@H]2[C@H](C)[C@@H]3CC[C@@H]4[C@H](C[C@@H]5[C@H]4C[C@H](O)[C@H]4C[C@@H](O)CC[C@]54C)[C@H]3CN2C1. The molecule has 0 aromatic carbocycles. The molecule has 2 saturated heterocycles. The lowest BCUT2D eigenvalue weighted by Gasteiger charge is -2.56. The van der Waals surface area contributed by atoms with E-state index in [0.29, 0.717) is 5.92 Å². The molecule has 0 unspecified atom stereocenters. The van der Waals surface area contributed by atoms with Crippen molar-refractivity contribution in [2.75, 3.05) is 13.1 Å². The van der Waals surface area contributed by atoms with Gasteiger partial charge < -0.3 is 10.2 Å². The van der Waals surface area contributed by atoms with Gasteiger partial charge in [0.25, 0.3) is 0 Å². The molecular formula is C27H45NO2. The second kappa shape index (κ2) is 7.19. The van der Waals surface area contributed by atoms with E-state index < -0.39 is 0 Å². The number of fused-ring (bicyclic) bond motifs is 8. The largest absolute Gasteiger partial charge is 0.393 e. The number of nitrogens with zero attached hydrogens (tertiary/aromatic N) is 1. The summed E-state index contributed by atoms with van der Waals surface area (Å²) in [7, 11) is 0. The van der Waals surface area contributed by atoms with Crippen LogP contribution in [0, 0.1) is 58.7 Å². The molecule has 6 aliphatic rings. The molecule has 30 heavy (non-hydrogen) atoms. The van der Waals surface area contributed by atoms with Gasteiger partial charge in [0.15, 0.2) is 0 Å². The zero-order valence-electron chi connectivity index (χ0n) is 19.5. The third kappa shape index (κ3) is 2.86. The van der Waals surface area contributed by atoms with Crippen LogP contribution >= 0.6 is 0 Å². The number of rotatable bonds is 0. The van der Waals surface area contributed by atoms with Crippen molar-refractivity contribution in [1.82, 2.24) is 4.90 Å². The summed E-state index contributed by atoms with van der Waals surface area (Å²) in [4.78, 5) is 2.92. The summed E-state index contributed by atoms with van der Waals surface area (Å²) >= 11 is 0. The highest BCUT2D eigenvalue weighted by Crippen LogP contribution is 2.67. The van der Waals surface area contributed by atoms with E-state index in [0.717, 1.165) is 79.1 Å². The van der Waals surface area contributed by atoms with Crippen molar-refractivity contribution in [3.05, 3.63) is 0 Å². The molecule has 170 valence electrons. The Hall–Kier alpha value is -0.120. The molecule has 4 aliphatic carbocycles. The van der Waals surface area contributed by atoms with Gasteiger partial charge in [-0.15, -0.1) is 0 Å². The number of piperidine rings is 2. The molecule has 6 rings (SSSR count). The lowest BCUT2D eigenvalue weighted by Crippen LogP contribution is -2.58. The van der Waals surface area contributed by atoms with Crippen LogP contribution in [0.2, 0.25) is 0 Å². The number of hydrogen-bond acceptors (Lipinski definition) is 3. The predicted molar refractivity (Wildman–Crippen MR) is 120 cm³/mol. The van der Waals surface area contributed by atoms with Crippen molar-refractivity contribution in [2.45, 2.75) is 96.8 Å². The van der Waals surface area contributed by atoms with Crippen LogP contribution in [0.3, 0.4) is 0 Å². The standard InChI is InChI=1S/C27H45NO2/c1-15-4-7-25-16(2)18-5-6-19-20(22(18)14-28(25)13-15)11-23-21(19)12-26(30)24-10-17(29)8-9-27(23,24)3/h15-26,29-30H,4-14H2,1-3H3/t15-,16-,17+,18+,19-,20+,21+,22+,23-,24-,25-,26+,27-/m1/s1. The smallest absolute Gasteiger partial charge is 0.0577 e. The minimum Gasteiger partial charge on any atom is -0.393 e. The van der Waals surface area contributed by atoms with Crippen LogP contribution in [0.1, 0.15) is 78.6 Å². The fourth-order valence-corrected chi connectivity index (χ4v) is 10.6. The molecule has 0 amide bonds. The molecule has 0 spiro atoms. The molecule has 0 bridgehead atoms. The van der Waals surface area contributed by atoms with Gasteiger partial charge in [-0.2, -0.15) is 0 Å². The van der Waals surface area contributed by atoms with Crippen molar-refractivity contribution < 1.29 is 10.2 Å². The van der Waals surface area contributed by atoms with Gasteiger partial charge in [0.1, 0.15) is 0 Å². The van der Waals surface area contributed by atoms with Gasteiger partial charge in [0.05, 0.1) is 12.2 Å². The lowest BCUT2D eigenvalue weighted by molar-refractivity contribution is -0.130. The van der Waals surface area contributed by atoms with Gasteiger partial charge in [0, 0.05) is 19.1 Å². The summed E-state index contributed by atoms with van der Waals surface area (Å²) in [6.07, 6.45) is 10.7. The maximum Gasteiger partial charge on any atom is 0.0577 e. The fourth-order valence-electron chi connectivity index (χ4n) is 10.6. The molecule has 13 atom stereocenters. The number of aliphatic hydroxyl groups excluding tert-OH is 2. The maximum atomic E-state index is 11.2. The first-order chi connectivity index (χ1) is 14.4. The summed E-state index contributed by atoms with van der Waals surface area (Å²) in [6, 6.07) is 0.853. The molecule has 6 fully saturated rings. The second-order valence-corrected chi connectivity index (χ2v) is 13.1. The van der Waals surface area contributed by atoms with Crippen LogP contribution in [-0.2, 0) is 0 Å². The fraction of sp³-hybridized carbons (Fsp3) is 1.00. The Balaban J connectivity index is 1.28. The van der Waals surface area contributed by atoms with E-state index in [4.69, 9.17) is 0 Å². The van der Waals surface area contributed by atoms with E-state index in [1.165, 1.54) is 45.2 Å². The van der Waals surface area contributed by atoms with Crippen molar-refractivity contribution in [1.29, 1.82) is 0 Å². The Bertz CT molecular complexity index is 665. The van der Waals surface area contributed by atoms with E-state index in [1.807, 2.05) is 0 Å². The summed E-state index contributed by atoms with van der Waals surface area (Å²) in [6.45, 7) is 10.3. The van der Waals surface area contributed by atoms with Crippen LogP contribution in [0.5, 0.6) is 0 Å². The quantitative estimate of drug-likeness (QED) is 0.609. The molecule has 0 aromatic rings. The molecule has 0 radical (unpaired) electrons. The minimum atomic E-state index is -0.181. The van der Waals surface area contributed by atoms with Crippen LogP contribution in [-0.4, -0.2) is 46.5 Å². The van der Waals surface area contributed by atoms with Crippen molar-refractivity contribution in [3.8, 4) is 0 Å². The average molecular weight is 416 g/mol. The zero-order chi connectivity index (χ0) is 20.8. The van der Waals surface area contributed by atoms with E-state index in [2.05, 4.69) is 25.7 Å². The topological polar surface area (TPSA) is 43.7 Å². The molecule has 3 heteroatoms. The van der Waals surface area contributed by atoms with Crippen LogP contribution < -0.4 is 0 Å². The second-order valence-electron chi connectivity index (χ2n) is 13.1. The van der Waals surface area contributed by atoms with Crippen LogP contribution in [0.4, 0.5) is 0 Å². The van der Waals surface area contributed by atoms with E-state index in [1.54, 1.807) is 0 Å². The molecule has 0 aromatic heterocycles.